The largest absolute Gasteiger partial charge is 0.493 e. The van der Waals surface area contributed by atoms with Crippen molar-refractivity contribution in [1.29, 1.82) is 0 Å². The highest BCUT2D eigenvalue weighted by molar-refractivity contribution is 14.0. The molecule has 0 amide bonds. The minimum Gasteiger partial charge on any atom is -0.493 e. The molecule has 2 rings (SSSR count). The number of benzene rings is 1. The Hall–Kier alpha value is -1.97. The SMILES string of the molecule is COc1ccc(CN=C(N)NCCCc2c(C)nn(C)c2C)cc1OC.I. The maximum Gasteiger partial charge on any atom is 0.188 e. The molecule has 150 valence electrons. The lowest BCUT2D eigenvalue weighted by Crippen LogP contribution is -2.32. The molecule has 2 aromatic rings. The van der Waals surface area contributed by atoms with Gasteiger partial charge in [-0.25, -0.2) is 4.99 Å². The van der Waals surface area contributed by atoms with Crippen LogP contribution in [0, 0.1) is 13.8 Å². The summed E-state index contributed by atoms with van der Waals surface area (Å²) in [5, 5.41) is 7.61. The van der Waals surface area contributed by atoms with E-state index in [2.05, 4.69) is 29.3 Å². The number of guanidine groups is 1. The van der Waals surface area contributed by atoms with Gasteiger partial charge < -0.3 is 20.5 Å². The number of rotatable bonds is 8. The third-order valence-electron chi connectivity index (χ3n) is 4.45. The van der Waals surface area contributed by atoms with Crippen LogP contribution in [-0.2, 0) is 20.0 Å². The molecule has 0 aliphatic rings. The summed E-state index contributed by atoms with van der Waals surface area (Å²) in [6.45, 7) is 5.41. The number of methoxy groups -OCH3 is 2. The minimum atomic E-state index is 0. The Morgan fingerprint density at radius 2 is 1.93 bits per heavy atom. The van der Waals surface area contributed by atoms with Crippen LogP contribution in [0.25, 0.3) is 0 Å². The van der Waals surface area contributed by atoms with E-state index in [-0.39, 0.29) is 24.0 Å². The molecule has 0 saturated heterocycles. The lowest BCUT2D eigenvalue weighted by molar-refractivity contribution is 0.354. The van der Waals surface area contributed by atoms with E-state index < -0.39 is 0 Å². The van der Waals surface area contributed by atoms with Crippen LogP contribution in [0.5, 0.6) is 11.5 Å². The molecule has 0 aliphatic heterocycles. The zero-order valence-corrected chi connectivity index (χ0v) is 19.0. The molecule has 0 atom stereocenters. The number of hydrogen-bond donors (Lipinski definition) is 2. The number of ether oxygens (including phenoxy) is 2. The monoisotopic (exact) mass is 487 g/mol. The Balaban J connectivity index is 0.00000364. The van der Waals surface area contributed by atoms with Crippen LogP contribution in [0.4, 0.5) is 0 Å². The van der Waals surface area contributed by atoms with Gasteiger partial charge in [-0.1, -0.05) is 6.07 Å². The van der Waals surface area contributed by atoms with Crippen LogP contribution in [-0.4, -0.2) is 36.5 Å². The fourth-order valence-electron chi connectivity index (χ4n) is 2.87. The van der Waals surface area contributed by atoms with Crippen molar-refractivity contribution in [3.05, 3.63) is 40.7 Å². The summed E-state index contributed by atoms with van der Waals surface area (Å²) in [6.07, 6.45) is 1.95. The normalized spacial score (nSPS) is 11.1. The summed E-state index contributed by atoms with van der Waals surface area (Å²) in [5.41, 5.74) is 10.6. The van der Waals surface area contributed by atoms with Gasteiger partial charge in [-0.3, -0.25) is 4.68 Å². The molecule has 0 spiro atoms. The van der Waals surface area contributed by atoms with Gasteiger partial charge in [0.2, 0.25) is 0 Å². The molecule has 8 heteroatoms. The molecule has 0 aliphatic carbocycles. The first-order valence-corrected chi connectivity index (χ1v) is 8.70. The molecular formula is C19H30IN5O2. The topological polar surface area (TPSA) is 86.7 Å². The van der Waals surface area contributed by atoms with Crippen molar-refractivity contribution < 1.29 is 9.47 Å². The second kappa shape index (κ2) is 11.0. The first-order chi connectivity index (χ1) is 12.5. The molecule has 3 N–H and O–H groups in total. The van der Waals surface area contributed by atoms with Gasteiger partial charge >= 0.3 is 0 Å². The average Bonchev–Trinajstić information content (AvgIpc) is 2.88. The molecule has 0 unspecified atom stereocenters. The van der Waals surface area contributed by atoms with Gasteiger partial charge in [-0.05, 0) is 49.9 Å². The van der Waals surface area contributed by atoms with Crippen molar-refractivity contribution in [2.75, 3.05) is 20.8 Å². The molecular weight excluding hydrogens is 457 g/mol. The average molecular weight is 487 g/mol. The number of halogens is 1. The van der Waals surface area contributed by atoms with Gasteiger partial charge in [-0.15, -0.1) is 24.0 Å². The van der Waals surface area contributed by atoms with Crippen molar-refractivity contribution >= 4 is 29.9 Å². The minimum absolute atomic E-state index is 0. The van der Waals surface area contributed by atoms with Gasteiger partial charge in [0.25, 0.3) is 0 Å². The van der Waals surface area contributed by atoms with E-state index in [1.165, 1.54) is 11.3 Å². The number of aliphatic imine (C=N–C) groups is 1. The maximum absolute atomic E-state index is 5.96. The van der Waals surface area contributed by atoms with E-state index in [9.17, 15) is 0 Å². The van der Waals surface area contributed by atoms with Crippen LogP contribution in [0.1, 0.15) is 28.9 Å². The molecule has 0 bridgehead atoms. The number of hydrogen-bond acceptors (Lipinski definition) is 4. The van der Waals surface area contributed by atoms with E-state index in [4.69, 9.17) is 15.2 Å². The van der Waals surface area contributed by atoms with Crippen molar-refractivity contribution in [3.63, 3.8) is 0 Å². The number of nitrogens with zero attached hydrogens (tertiary/aromatic N) is 3. The molecule has 7 nitrogen and oxygen atoms in total. The Morgan fingerprint density at radius 1 is 1.22 bits per heavy atom. The summed E-state index contributed by atoms with van der Waals surface area (Å²) in [7, 11) is 5.21. The Bertz CT molecular complexity index is 774. The van der Waals surface area contributed by atoms with Crippen LogP contribution in [0.2, 0.25) is 0 Å². The fraction of sp³-hybridized carbons (Fsp3) is 0.474. The number of aromatic nitrogens is 2. The third kappa shape index (κ3) is 6.30. The fourth-order valence-corrected chi connectivity index (χ4v) is 2.87. The lowest BCUT2D eigenvalue weighted by atomic mass is 10.1. The summed E-state index contributed by atoms with van der Waals surface area (Å²) in [4.78, 5) is 4.38. The smallest absolute Gasteiger partial charge is 0.188 e. The van der Waals surface area contributed by atoms with Crippen molar-refractivity contribution in [3.8, 4) is 11.5 Å². The van der Waals surface area contributed by atoms with E-state index >= 15 is 0 Å². The second-order valence-corrected chi connectivity index (χ2v) is 6.19. The summed E-state index contributed by atoms with van der Waals surface area (Å²) in [6, 6.07) is 5.72. The quantitative estimate of drug-likeness (QED) is 0.259. The van der Waals surface area contributed by atoms with Gasteiger partial charge in [0.05, 0.1) is 26.5 Å². The summed E-state index contributed by atoms with van der Waals surface area (Å²) >= 11 is 0. The molecule has 1 aromatic carbocycles. The number of aryl methyl sites for hydroxylation is 2. The highest BCUT2D eigenvalue weighted by atomic mass is 127. The zero-order chi connectivity index (χ0) is 19.1. The van der Waals surface area contributed by atoms with Crippen LogP contribution in [0.15, 0.2) is 23.2 Å². The highest BCUT2D eigenvalue weighted by Crippen LogP contribution is 2.27. The predicted molar refractivity (Wildman–Crippen MR) is 119 cm³/mol. The van der Waals surface area contributed by atoms with E-state index in [1.54, 1.807) is 14.2 Å². The van der Waals surface area contributed by atoms with Crippen LogP contribution < -0.4 is 20.5 Å². The predicted octanol–water partition coefficient (Wildman–Crippen LogP) is 2.71. The summed E-state index contributed by atoms with van der Waals surface area (Å²) in [5.74, 6) is 1.83. The maximum atomic E-state index is 5.96. The third-order valence-corrected chi connectivity index (χ3v) is 4.45. The van der Waals surface area contributed by atoms with E-state index in [0.717, 1.165) is 30.6 Å². The summed E-state index contributed by atoms with van der Waals surface area (Å²) < 4.78 is 12.5. The van der Waals surface area contributed by atoms with Crippen molar-refractivity contribution in [1.82, 2.24) is 15.1 Å². The van der Waals surface area contributed by atoms with Crippen molar-refractivity contribution in [2.24, 2.45) is 17.8 Å². The second-order valence-electron chi connectivity index (χ2n) is 6.19. The Kier molecular flexibility index (Phi) is 9.40. The van der Waals surface area contributed by atoms with Gasteiger partial charge in [0, 0.05) is 19.3 Å². The molecule has 0 radical (unpaired) electrons. The lowest BCUT2D eigenvalue weighted by Gasteiger charge is -2.09. The van der Waals surface area contributed by atoms with Crippen LogP contribution in [0.3, 0.4) is 0 Å². The molecule has 1 heterocycles. The molecule has 1 aromatic heterocycles. The van der Waals surface area contributed by atoms with E-state index in [0.29, 0.717) is 24.0 Å². The standard InChI is InChI=1S/C19H29N5O2.HI/c1-13-16(14(2)24(3)23-13)7-6-10-21-19(20)22-12-15-8-9-17(25-4)18(11-15)26-5;/h8-9,11H,6-7,10,12H2,1-5H3,(H3,20,21,22);1H. The van der Waals surface area contributed by atoms with Crippen LogP contribution >= 0.6 is 24.0 Å². The van der Waals surface area contributed by atoms with Gasteiger partial charge in [-0.2, -0.15) is 5.10 Å². The van der Waals surface area contributed by atoms with Crippen molar-refractivity contribution in [2.45, 2.75) is 33.2 Å². The van der Waals surface area contributed by atoms with Gasteiger partial charge in [0.15, 0.2) is 17.5 Å². The number of nitrogens with two attached hydrogens (primary N) is 1. The first kappa shape index (κ1) is 23.1. The van der Waals surface area contributed by atoms with E-state index in [1.807, 2.05) is 29.9 Å². The first-order valence-electron chi connectivity index (χ1n) is 8.70. The van der Waals surface area contributed by atoms with Gasteiger partial charge in [0.1, 0.15) is 0 Å². The Morgan fingerprint density at radius 3 is 2.52 bits per heavy atom. The zero-order valence-electron chi connectivity index (χ0n) is 16.7. The number of nitrogens with one attached hydrogen (secondary N) is 1. The Labute approximate surface area is 178 Å². The highest BCUT2D eigenvalue weighted by Gasteiger charge is 2.08. The molecule has 27 heavy (non-hydrogen) atoms. The molecule has 0 saturated carbocycles. The molecule has 0 fully saturated rings.